The second-order valence-electron chi connectivity index (χ2n) is 5.90. The van der Waals surface area contributed by atoms with Crippen LogP contribution in [0.1, 0.15) is 17.5 Å². The van der Waals surface area contributed by atoms with Gasteiger partial charge in [0.1, 0.15) is 10.6 Å². The van der Waals surface area contributed by atoms with Crippen LogP contribution in [0.15, 0.2) is 36.8 Å². The van der Waals surface area contributed by atoms with Gasteiger partial charge in [-0.15, -0.1) is 11.3 Å². The maximum Gasteiger partial charge on any atom is 0.227 e. The van der Waals surface area contributed by atoms with Crippen molar-refractivity contribution >= 4 is 34.6 Å². The third-order valence-electron chi connectivity index (χ3n) is 3.51. The predicted octanol–water partition coefficient (Wildman–Crippen LogP) is 3.51. The zero-order chi connectivity index (χ0) is 18.0. The number of benzene rings is 1. The number of anilines is 2. The van der Waals surface area contributed by atoms with Crippen LogP contribution in [0.2, 0.25) is 5.02 Å². The SMILES string of the molecule is Cc1cc(Nc2ncc(Cl)cn2)cc(-c2cnc([C@@](C)(O)CO)s2)c1. The highest BCUT2D eigenvalue weighted by molar-refractivity contribution is 7.15. The monoisotopic (exact) mass is 376 g/mol. The number of nitrogens with zero attached hydrogens (tertiary/aromatic N) is 3. The molecule has 0 bridgehead atoms. The number of aliphatic hydroxyl groups is 2. The van der Waals surface area contributed by atoms with Gasteiger partial charge in [-0.2, -0.15) is 0 Å². The van der Waals surface area contributed by atoms with Crippen LogP contribution in [0.25, 0.3) is 10.4 Å². The average molecular weight is 377 g/mol. The Hall–Kier alpha value is -2.06. The fraction of sp³-hybridized carbons (Fsp3) is 0.235. The molecule has 0 radical (unpaired) electrons. The van der Waals surface area contributed by atoms with Crippen LogP contribution in [-0.2, 0) is 5.60 Å². The highest BCUT2D eigenvalue weighted by Gasteiger charge is 2.26. The molecule has 0 spiro atoms. The van der Waals surface area contributed by atoms with Gasteiger partial charge >= 0.3 is 0 Å². The maximum absolute atomic E-state index is 10.1. The minimum Gasteiger partial charge on any atom is -0.393 e. The van der Waals surface area contributed by atoms with E-state index in [0.29, 0.717) is 16.0 Å². The minimum absolute atomic E-state index is 0.380. The first kappa shape index (κ1) is 17.8. The van der Waals surface area contributed by atoms with E-state index in [-0.39, 0.29) is 6.61 Å². The molecule has 0 amide bonds. The van der Waals surface area contributed by atoms with Crippen molar-refractivity contribution in [2.24, 2.45) is 0 Å². The van der Waals surface area contributed by atoms with Crippen molar-refractivity contribution in [3.8, 4) is 10.4 Å². The molecule has 0 saturated carbocycles. The summed E-state index contributed by atoms with van der Waals surface area (Å²) >= 11 is 7.15. The Labute approximate surface area is 154 Å². The molecular weight excluding hydrogens is 360 g/mol. The molecular formula is C17H17ClN4O2S. The van der Waals surface area contributed by atoms with Crippen LogP contribution >= 0.6 is 22.9 Å². The Bertz CT molecular complexity index is 881. The first-order chi connectivity index (χ1) is 11.9. The number of hydrogen-bond donors (Lipinski definition) is 3. The summed E-state index contributed by atoms with van der Waals surface area (Å²) in [7, 11) is 0. The highest BCUT2D eigenvalue weighted by Crippen LogP contribution is 2.33. The van der Waals surface area contributed by atoms with Crippen molar-refractivity contribution in [2.45, 2.75) is 19.4 Å². The van der Waals surface area contributed by atoms with Gasteiger partial charge in [0.05, 0.1) is 28.9 Å². The van der Waals surface area contributed by atoms with Gasteiger partial charge in [-0.1, -0.05) is 17.7 Å². The third kappa shape index (κ3) is 4.13. The van der Waals surface area contributed by atoms with E-state index in [4.69, 9.17) is 11.6 Å². The van der Waals surface area contributed by atoms with Crippen molar-refractivity contribution < 1.29 is 10.2 Å². The van der Waals surface area contributed by atoms with Crippen molar-refractivity contribution in [2.75, 3.05) is 11.9 Å². The fourth-order valence-electron chi connectivity index (χ4n) is 2.23. The van der Waals surface area contributed by atoms with E-state index in [9.17, 15) is 10.2 Å². The Morgan fingerprint density at radius 2 is 1.88 bits per heavy atom. The largest absolute Gasteiger partial charge is 0.393 e. The summed E-state index contributed by atoms with van der Waals surface area (Å²) in [4.78, 5) is 13.4. The van der Waals surface area contributed by atoms with Gasteiger partial charge in [-0.25, -0.2) is 15.0 Å². The van der Waals surface area contributed by atoms with E-state index in [1.165, 1.54) is 30.7 Å². The normalized spacial score (nSPS) is 13.5. The lowest BCUT2D eigenvalue weighted by atomic mass is 10.1. The molecule has 6 nitrogen and oxygen atoms in total. The zero-order valence-electron chi connectivity index (χ0n) is 13.7. The van der Waals surface area contributed by atoms with Gasteiger partial charge in [-0.05, 0) is 37.1 Å². The molecule has 0 aliphatic carbocycles. The summed E-state index contributed by atoms with van der Waals surface area (Å²) in [6.07, 6.45) is 4.75. The summed E-state index contributed by atoms with van der Waals surface area (Å²) < 4.78 is 0. The fourth-order valence-corrected chi connectivity index (χ4v) is 3.26. The Kier molecular flexibility index (Phi) is 5.01. The molecule has 130 valence electrons. The van der Waals surface area contributed by atoms with Gasteiger partial charge in [0.15, 0.2) is 0 Å². The van der Waals surface area contributed by atoms with Crippen LogP contribution < -0.4 is 5.32 Å². The first-order valence-corrected chi connectivity index (χ1v) is 8.73. The number of rotatable bonds is 5. The lowest BCUT2D eigenvalue weighted by Crippen LogP contribution is -2.25. The summed E-state index contributed by atoms with van der Waals surface area (Å²) in [5.74, 6) is 0.453. The molecule has 3 N–H and O–H groups in total. The number of thiazole rings is 1. The van der Waals surface area contributed by atoms with Gasteiger partial charge in [0, 0.05) is 11.9 Å². The number of nitrogens with one attached hydrogen (secondary N) is 1. The van der Waals surface area contributed by atoms with Crippen LogP contribution in [0.5, 0.6) is 0 Å². The number of hydrogen-bond acceptors (Lipinski definition) is 7. The minimum atomic E-state index is -1.34. The topological polar surface area (TPSA) is 91.2 Å². The molecule has 8 heteroatoms. The Morgan fingerprint density at radius 1 is 1.16 bits per heavy atom. The Balaban J connectivity index is 1.90. The molecule has 3 rings (SSSR count). The molecule has 1 aromatic carbocycles. The second-order valence-corrected chi connectivity index (χ2v) is 7.37. The van der Waals surface area contributed by atoms with Crippen LogP contribution in [0.3, 0.4) is 0 Å². The quantitative estimate of drug-likeness (QED) is 0.631. The van der Waals surface area contributed by atoms with Gasteiger partial charge < -0.3 is 15.5 Å². The van der Waals surface area contributed by atoms with E-state index in [1.807, 2.05) is 25.1 Å². The molecule has 0 saturated heterocycles. The van der Waals surface area contributed by atoms with Crippen molar-refractivity contribution in [1.29, 1.82) is 0 Å². The predicted molar refractivity (Wildman–Crippen MR) is 99.3 cm³/mol. The number of halogens is 1. The Morgan fingerprint density at radius 3 is 2.56 bits per heavy atom. The van der Waals surface area contributed by atoms with E-state index < -0.39 is 5.60 Å². The summed E-state index contributed by atoms with van der Waals surface area (Å²) in [5.41, 5.74) is 1.50. The average Bonchev–Trinajstić information content (AvgIpc) is 3.07. The summed E-state index contributed by atoms with van der Waals surface area (Å²) in [6, 6.07) is 5.96. The summed E-state index contributed by atoms with van der Waals surface area (Å²) in [6.45, 7) is 3.15. The number of aryl methyl sites for hydroxylation is 1. The second kappa shape index (κ2) is 7.05. The van der Waals surface area contributed by atoms with Crippen LogP contribution in [0, 0.1) is 6.92 Å². The molecule has 25 heavy (non-hydrogen) atoms. The van der Waals surface area contributed by atoms with Gasteiger partial charge in [0.2, 0.25) is 5.95 Å². The lowest BCUT2D eigenvalue weighted by molar-refractivity contribution is -0.00244. The lowest BCUT2D eigenvalue weighted by Gasteiger charge is -2.16. The maximum atomic E-state index is 10.1. The van der Waals surface area contributed by atoms with Gasteiger partial charge in [0.25, 0.3) is 0 Å². The molecule has 0 aliphatic heterocycles. The zero-order valence-corrected chi connectivity index (χ0v) is 15.3. The molecule has 3 aromatic rings. The smallest absolute Gasteiger partial charge is 0.227 e. The van der Waals surface area contributed by atoms with Crippen molar-refractivity contribution in [3.63, 3.8) is 0 Å². The summed E-state index contributed by atoms with van der Waals surface area (Å²) in [5, 5.41) is 23.5. The molecule has 1 atom stereocenters. The molecule has 0 unspecified atom stereocenters. The highest BCUT2D eigenvalue weighted by atomic mass is 35.5. The van der Waals surface area contributed by atoms with Gasteiger partial charge in [-0.3, -0.25) is 0 Å². The molecule has 0 aliphatic rings. The van der Waals surface area contributed by atoms with Crippen molar-refractivity contribution in [1.82, 2.24) is 15.0 Å². The molecule has 0 fully saturated rings. The van der Waals surface area contributed by atoms with E-state index in [0.717, 1.165) is 21.7 Å². The molecule has 2 heterocycles. The number of aromatic nitrogens is 3. The van der Waals surface area contributed by atoms with Crippen LogP contribution in [0.4, 0.5) is 11.6 Å². The standard InChI is InChI=1S/C17H17ClN4O2S/c1-10-3-11(14-8-19-15(25-14)17(2,24)9-23)5-13(4-10)22-16-20-6-12(18)7-21-16/h3-8,23-24H,9H2,1-2H3,(H,20,21,22)/t17-/m0/s1. The number of aliphatic hydroxyl groups excluding tert-OH is 1. The first-order valence-electron chi connectivity index (χ1n) is 7.53. The van der Waals surface area contributed by atoms with Crippen molar-refractivity contribution in [3.05, 3.63) is 52.4 Å². The molecule has 2 aromatic heterocycles. The van der Waals surface area contributed by atoms with E-state index >= 15 is 0 Å². The van der Waals surface area contributed by atoms with E-state index in [1.54, 1.807) is 6.20 Å². The van der Waals surface area contributed by atoms with E-state index in [2.05, 4.69) is 20.3 Å². The van der Waals surface area contributed by atoms with Crippen LogP contribution in [-0.4, -0.2) is 31.8 Å². The third-order valence-corrected chi connectivity index (χ3v) is 5.01.